The summed E-state index contributed by atoms with van der Waals surface area (Å²) in [5.74, 6) is -0.313. The molecule has 5 rings (SSSR count). The van der Waals surface area contributed by atoms with Crippen molar-refractivity contribution in [3.8, 4) is 22.4 Å². The number of likely N-dealkylation sites (tertiary alicyclic amines) is 1. The third kappa shape index (κ3) is 4.43. The normalized spacial score (nSPS) is 13.5. The van der Waals surface area contributed by atoms with Crippen LogP contribution in [0.15, 0.2) is 67.0 Å². The highest BCUT2D eigenvalue weighted by molar-refractivity contribution is 6.09. The minimum Gasteiger partial charge on any atom is -0.383 e. The van der Waals surface area contributed by atoms with Crippen LogP contribution in [0.1, 0.15) is 36.5 Å². The molecule has 9 nitrogen and oxygen atoms in total. The first kappa shape index (κ1) is 24.9. The number of anilines is 2. The van der Waals surface area contributed by atoms with Crippen molar-refractivity contribution >= 4 is 40.3 Å². The maximum Gasteiger partial charge on any atom is 0.260 e. The number of rotatable bonds is 5. The molecule has 1 aliphatic rings. The predicted octanol–water partition coefficient (Wildman–Crippen LogP) is 4.55. The summed E-state index contributed by atoms with van der Waals surface area (Å²) in [6, 6.07) is 14.6. The van der Waals surface area contributed by atoms with Crippen molar-refractivity contribution in [2.24, 2.45) is 7.05 Å². The van der Waals surface area contributed by atoms with Gasteiger partial charge in [0, 0.05) is 42.4 Å². The summed E-state index contributed by atoms with van der Waals surface area (Å²) in [7, 11) is 1.91. The van der Waals surface area contributed by atoms with Crippen LogP contribution in [-0.4, -0.2) is 43.7 Å². The maximum atomic E-state index is 13.0. The van der Waals surface area contributed by atoms with E-state index in [2.05, 4.69) is 21.9 Å². The molecule has 3 amide bonds. The van der Waals surface area contributed by atoms with Crippen molar-refractivity contribution in [1.29, 1.82) is 0 Å². The minimum atomic E-state index is -0.283. The number of carbonyl (C=O) groups is 3. The minimum absolute atomic E-state index is 0.130. The van der Waals surface area contributed by atoms with Crippen LogP contribution >= 0.6 is 0 Å². The van der Waals surface area contributed by atoms with Crippen molar-refractivity contribution in [3.63, 3.8) is 0 Å². The van der Waals surface area contributed by atoms with Gasteiger partial charge in [-0.05, 0) is 55.2 Å². The molecule has 192 valence electrons. The van der Waals surface area contributed by atoms with E-state index in [0.29, 0.717) is 46.6 Å². The number of aryl methyl sites for hydroxylation is 1. The number of nitrogens with one attached hydrogen (secondary N) is 1. The molecule has 2 aromatic heterocycles. The van der Waals surface area contributed by atoms with Crippen LogP contribution in [0.2, 0.25) is 0 Å². The van der Waals surface area contributed by atoms with Crippen molar-refractivity contribution in [2.75, 3.05) is 17.6 Å². The predicted molar refractivity (Wildman–Crippen MR) is 147 cm³/mol. The largest absolute Gasteiger partial charge is 0.383 e. The summed E-state index contributed by atoms with van der Waals surface area (Å²) < 4.78 is 1.95. The van der Waals surface area contributed by atoms with Crippen LogP contribution in [0.25, 0.3) is 33.4 Å². The quantitative estimate of drug-likeness (QED) is 0.301. The third-order valence-corrected chi connectivity index (χ3v) is 6.79. The highest BCUT2D eigenvalue weighted by atomic mass is 16.2. The lowest BCUT2D eigenvalue weighted by Gasteiger charge is -2.24. The van der Waals surface area contributed by atoms with E-state index in [1.54, 1.807) is 19.1 Å². The van der Waals surface area contributed by atoms with Gasteiger partial charge in [-0.1, -0.05) is 30.8 Å². The topological polar surface area (TPSA) is 123 Å². The molecule has 2 aromatic carbocycles. The Hall–Kier alpha value is -4.79. The first-order valence-corrected chi connectivity index (χ1v) is 12.4. The second-order valence-electron chi connectivity index (χ2n) is 9.44. The SMILES string of the molecule is C=C(C)C(=O)Nc1ccc(-c2c(-c3ccc(C(=O)N4CCCCC4=O)cc3)c3c(N)ncnc3n2C)cc1. The van der Waals surface area contributed by atoms with E-state index < -0.39 is 0 Å². The molecule has 0 spiro atoms. The van der Waals surface area contributed by atoms with Crippen molar-refractivity contribution in [2.45, 2.75) is 26.2 Å². The van der Waals surface area contributed by atoms with Crippen molar-refractivity contribution < 1.29 is 14.4 Å². The average molecular weight is 509 g/mol. The molecule has 38 heavy (non-hydrogen) atoms. The van der Waals surface area contributed by atoms with Gasteiger partial charge in [-0.2, -0.15) is 0 Å². The Kier molecular flexibility index (Phi) is 6.50. The summed E-state index contributed by atoms with van der Waals surface area (Å²) in [4.78, 5) is 47.3. The van der Waals surface area contributed by atoms with Crippen molar-refractivity contribution in [3.05, 3.63) is 72.6 Å². The Labute approximate surface area is 220 Å². The number of nitrogen functional groups attached to an aromatic ring is 1. The maximum absolute atomic E-state index is 13.0. The molecule has 0 radical (unpaired) electrons. The van der Waals surface area contributed by atoms with Crippen molar-refractivity contribution in [1.82, 2.24) is 19.4 Å². The zero-order chi connectivity index (χ0) is 27.0. The van der Waals surface area contributed by atoms with E-state index in [1.807, 2.05) is 48.0 Å². The summed E-state index contributed by atoms with van der Waals surface area (Å²) in [6.07, 6.45) is 3.47. The molecule has 1 aliphatic heterocycles. The van der Waals surface area contributed by atoms with Gasteiger partial charge < -0.3 is 15.6 Å². The van der Waals surface area contributed by atoms with Gasteiger partial charge in [0.25, 0.3) is 11.8 Å². The Morgan fingerprint density at radius 3 is 2.34 bits per heavy atom. The first-order valence-electron chi connectivity index (χ1n) is 12.4. The molecule has 0 saturated carbocycles. The summed E-state index contributed by atoms with van der Waals surface area (Å²) in [5.41, 5.74) is 11.9. The van der Waals surface area contributed by atoms with Gasteiger partial charge in [-0.15, -0.1) is 0 Å². The summed E-state index contributed by atoms with van der Waals surface area (Å²) in [5, 5.41) is 3.52. The fraction of sp³-hybridized carbons (Fsp3) is 0.207. The Bertz CT molecular complexity index is 1590. The smallest absolute Gasteiger partial charge is 0.260 e. The lowest BCUT2D eigenvalue weighted by Crippen LogP contribution is -2.40. The van der Waals surface area contributed by atoms with Gasteiger partial charge in [0.15, 0.2) is 0 Å². The number of amides is 3. The van der Waals surface area contributed by atoms with E-state index in [0.717, 1.165) is 35.2 Å². The van der Waals surface area contributed by atoms with Crippen LogP contribution < -0.4 is 11.1 Å². The number of imide groups is 1. The number of nitrogens with two attached hydrogens (primary N) is 1. The standard InChI is InChI=1S/C29H28N6O3/c1-17(2)28(37)33-21-13-11-19(12-14-21)25-23(24-26(30)31-16-32-27(24)34(25)3)18-7-9-20(10-8-18)29(38)35-15-5-4-6-22(35)36/h7-14,16H,1,4-6,15H2,2-3H3,(H,33,37)(H2,30,31,32). The molecule has 9 heteroatoms. The number of fused-ring (bicyclic) bond motifs is 1. The Morgan fingerprint density at radius 2 is 1.68 bits per heavy atom. The Morgan fingerprint density at radius 1 is 1.00 bits per heavy atom. The van der Waals surface area contributed by atoms with Gasteiger partial charge in [0.1, 0.15) is 17.8 Å². The number of nitrogens with zero attached hydrogens (tertiary/aromatic N) is 4. The van der Waals surface area contributed by atoms with Gasteiger partial charge in [-0.25, -0.2) is 9.97 Å². The lowest BCUT2D eigenvalue weighted by molar-refractivity contribution is -0.130. The van der Waals surface area contributed by atoms with Gasteiger partial charge in [0.05, 0.1) is 11.1 Å². The molecule has 0 atom stereocenters. The molecular weight excluding hydrogens is 480 g/mol. The molecule has 1 fully saturated rings. The highest BCUT2D eigenvalue weighted by Crippen LogP contribution is 2.41. The van der Waals surface area contributed by atoms with E-state index in [9.17, 15) is 14.4 Å². The molecule has 0 unspecified atom stereocenters. The third-order valence-electron chi connectivity index (χ3n) is 6.79. The van der Waals surface area contributed by atoms with E-state index in [4.69, 9.17) is 5.73 Å². The van der Waals surface area contributed by atoms with Gasteiger partial charge in [-0.3, -0.25) is 19.3 Å². The zero-order valence-corrected chi connectivity index (χ0v) is 21.3. The number of hydrogen-bond acceptors (Lipinski definition) is 6. The average Bonchev–Trinajstić information content (AvgIpc) is 3.22. The molecular formula is C29H28N6O3. The summed E-state index contributed by atoms with van der Waals surface area (Å²) >= 11 is 0. The highest BCUT2D eigenvalue weighted by Gasteiger charge is 2.26. The summed E-state index contributed by atoms with van der Waals surface area (Å²) in [6.45, 7) is 5.77. The van der Waals surface area contributed by atoms with Crippen LogP contribution in [0.3, 0.4) is 0 Å². The fourth-order valence-electron chi connectivity index (χ4n) is 4.80. The molecule has 0 bridgehead atoms. The number of aromatic nitrogens is 3. The fourth-order valence-corrected chi connectivity index (χ4v) is 4.80. The van der Waals surface area contributed by atoms with Gasteiger partial charge in [0.2, 0.25) is 5.91 Å². The number of hydrogen-bond donors (Lipinski definition) is 2. The first-order chi connectivity index (χ1) is 18.3. The second kappa shape index (κ2) is 9.93. The monoisotopic (exact) mass is 508 g/mol. The molecule has 1 saturated heterocycles. The molecule has 3 heterocycles. The van der Waals surface area contributed by atoms with Gasteiger partial charge >= 0.3 is 0 Å². The molecule has 4 aromatic rings. The van der Waals surface area contributed by atoms with Crippen LogP contribution in [0.5, 0.6) is 0 Å². The molecule has 3 N–H and O–H groups in total. The van der Waals surface area contributed by atoms with E-state index >= 15 is 0 Å². The Balaban J connectivity index is 1.57. The van der Waals surface area contributed by atoms with E-state index in [-0.39, 0.29) is 17.7 Å². The number of piperidine rings is 1. The number of carbonyl (C=O) groups excluding carboxylic acids is 3. The second-order valence-corrected chi connectivity index (χ2v) is 9.44. The number of benzene rings is 2. The lowest BCUT2D eigenvalue weighted by atomic mass is 9.97. The molecule has 0 aliphatic carbocycles. The zero-order valence-electron chi connectivity index (χ0n) is 21.3. The van der Waals surface area contributed by atoms with Crippen LogP contribution in [-0.2, 0) is 16.6 Å². The van der Waals surface area contributed by atoms with E-state index in [1.165, 1.54) is 11.2 Å². The van der Waals surface area contributed by atoms with Crippen LogP contribution in [0.4, 0.5) is 11.5 Å². The van der Waals surface area contributed by atoms with Crippen LogP contribution in [0, 0.1) is 0 Å².